The Balaban J connectivity index is 3.43. The number of nitro groups is 1. The quantitative estimate of drug-likeness (QED) is 0.450. The van der Waals surface area contributed by atoms with Crippen LogP contribution < -0.4 is 0 Å². The van der Waals surface area contributed by atoms with E-state index in [-0.39, 0.29) is 10.6 Å². The molecule has 64 valence electrons. The summed E-state index contributed by atoms with van der Waals surface area (Å²) < 4.78 is 0.695. The molecular weight excluding hydrogens is 269 g/mol. The van der Waals surface area contributed by atoms with Crippen molar-refractivity contribution in [2.75, 3.05) is 0 Å². The van der Waals surface area contributed by atoms with E-state index in [4.69, 9.17) is 0 Å². The van der Waals surface area contributed by atoms with Crippen molar-refractivity contribution in [3.63, 3.8) is 0 Å². The third-order valence-corrected chi connectivity index (χ3v) is 2.71. The van der Waals surface area contributed by atoms with Crippen LogP contribution in [0, 0.1) is 27.5 Å². The number of nitrogens with zero attached hydrogens (tertiary/aromatic N) is 1. The van der Waals surface area contributed by atoms with E-state index in [0.717, 1.165) is 11.1 Å². The molecule has 0 atom stereocenters. The van der Waals surface area contributed by atoms with Gasteiger partial charge >= 0.3 is 0 Å². The van der Waals surface area contributed by atoms with Crippen LogP contribution in [0.1, 0.15) is 11.1 Å². The van der Waals surface area contributed by atoms with E-state index in [9.17, 15) is 10.1 Å². The smallest absolute Gasteiger partial charge is 0.258 e. The normalized spacial score (nSPS) is 9.92. The number of benzene rings is 1. The molecule has 0 saturated carbocycles. The summed E-state index contributed by atoms with van der Waals surface area (Å²) in [5.41, 5.74) is 1.95. The van der Waals surface area contributed by atoms with Crippen molar-refractivity contribution in [3.05, 3.63) is 36.9 Å². The van der Waals surface area contributed by atoms with E-state index in [0.29, 0.717) is 3.57 Å². The maximum absolute atomic E-state index is 10.6. The topological polar surface area (TPSA) is 43.1 Å². The summed E-state index contributed by atoms with van der Waals surface area (Å²) in [6, 6.07) is 3.66. The molecule has 0 aromatic heterocycles. The lowest BCUT2D eigenvalue weighted by Gasteiger charge is -2.02. The maximum atomic E-state index is 10.6. The lowest BCUT2D eigenvalue weighted by atomic mass is 10.1. The molecule has 0 aliphatic carbocycles. The summed E-state index contributed by atoms with van der Waals surface area (Å²) in [6.07, 6.45) is 0. The first-order chi connectivity index (χ1) is 5.54. The molecule has 0 saturated heterocycles. The van der Waals surface area contributed by atoms with E-state index >= 15 is 0 Å². The number of hydrogen-bond donors (Lipinski definition) is 0. The van der Waals surface area contributed by atoms with Gasteiger partial charge in [0.1, 0.15) is 0 Å². The standard InChI is InChI=1S/C8H8INO2/c1-5-3-4-7(9)8(6(5)2)10(11)12/h3-4H,1-2H3. The largest absolute Gasteiger partial charge is 0.285 e. The lowest BCUT2D eigenvalue weighted by Crippen LogP contribution is -1.96. The minimum absolute atomic E-state index is 0.232. The van der Waals surface area contributed by atoms with Crippen molar-refractivity contribution in [2.45, 2.75) is 13.8 Å². The van der Waals surface area contributed by atoms with Gasteiger partial charge in [-0.1, -0.05) is 6.07 Å². The van der Waals surface area contributed by atoms with Crippen molar-refractivity contribution in [1.82, 2.24) is 0 Å². The number of hydrogen-bond acceptors (Lipinski definition) is 2. The molecule has 0 N–H and O–H groups in total. The Morgan fingerprint density at radius 2 is 2.00 bits per heavy atom. The predicted octanol–water partition coefficient (Wildman–Crippen LogP) is 2.82. The third-order valence-electron chi connectivity index (χ3n) is 1.84. The minimum atomic E-state index is -0.329. The van der Waals surface area contributed by atoms with Crippen LogP contribution in [0.25, 0.3) is 0 Å². The summed E-state index contributed by atoms with van der Waals surface area (Å²) in [7, 11) is 0. The second-order valence-corrected chi connectivity index (χ2v) is 3.76. The van der Waals surface area contributed by atoms with Crippen LogP contribution in [0.4, 0.5) is 5.69 Å². The molecule has 0 unspecified atom stereocenters. The first kappa shape index (κ1) is 9.44. The molecule has 1 aromatic rings. The van der Waals surface area contributed by atoms with E-state index in [1.54, 1.807) is 13.0 Å². The van der Waals surface area contributed by atoms with Crippen LogP contribution in [0.3, 0.4) is 0 Å². The molecule has 4 heteroatoms. The number of nitro benzene ring substituents is 1. The van der Waals surface area contributed by atoms with Crippen molar-refractivity contribution in [2.24, 2.45) is 0 Å². The van der Waals surface area contributed by atoms with Gasteiger partial charge in [0.2, 0.25) is 0 Å². The third kappa shape index (κ3) is 1.57. The molecule has 0 radical (unpaired) electrons. The summed E-state index contributed by atoms with van der Waals surface area (Å²) >= 11 is 1.98. The highest BCUT2D eigenvalue weighted by Gasteiger charge is 2.16. The predicted molar refractivity (Wildman–Crippen MR) is 55.3 cm³/mol. The van der Waals surface area contributed by atoms with Gasteiger partial charge in [-0.05, 0) is 48.1 Å². The van der Waals surface area contributed by atoms with E-state index < -0.39 is 0 Å². The zero-order valence-electron chi connectivity index (χ0n) is 6.80. The summed E-state index contributed by atoms with van der Waals surface area (Å²) in [4.78, 5) is 10.3. The highest BCUT2D eigenvalue weighted by molar-refractivity contribution is 14.1. The maximum Gasteiger partial charge on any atom is 0.285 e. The zero-order chi connectivity index (χ0) is 9.30. The molecule has 12 heavy (non-hydrogen) atoms. The summed E-state index contributed by atoms with van der Waals surface area (Å²) in [6.45, 7) is 3.65. The number of rotatable bonds is 1. The van der Waals surface area contributed by atoms with Crippen LogP contribution >= 0.6 is 22.6 Å². The van der Waals surface area contributed by atoms with Gasteiger partial charge in [0.05, 0.1) is 8.49 Å². The van der Waals surface area contributed by atoms with Gasteiger partial charge in [0.15, 0.2) is 0 Å². The van der Waals surface area contributed by atoms with Crippen molar-refractivity contribution < 1.29 is 4.92 Å². The Morgan fingerprint density at radius 3 is 2.42 bits per heavy atom. The van der Waals surface area contributed by atoms with Crippen molar-refractivity contribution in [1.29, 1.82) is 0 Å². The van der Waals surface area contributed by atoms with Gasteiger partial charge in [0, 0.05) is 5.56 Å². The van der Waals surface area contributed by atoms with Crippen molar-refractivity contribution >= 4 is 28.3 Å². The van der Waals surface area contributed by atoms with Crippen LogP contribution in [0.15, 0.2) is 12.1 Å². The molecule has 0 fully saturated rings. The Kier molecular flexibility index (Phi) is 2.66. The Labute approximate surface area is 84.1 Å². The SMILES string of the molecule is Cc1ccc(I)c([N+](=O)[O-])c1C. The molecule has 0 aliphatic rings. The monoisotopic (exact) mass is 277 g/mol. The highest BCUT2D eigenvalue weighted by Crippen LogP contribution is 2.26. The summed E-state index contributed by atoms with van der Waals surface area (Å²) in [5, 5.41) is 10.6. The van der Waals surface area contributed by atoms with Crippen LogP contribution in [0.5, 0.6) is 0 Å². The molecule has 0 heterocycles. The van der Waals surface area contributed by atoms with Gasteiger partial charge in [0.25, 0.3) is 5.69 Å². The second kappa shape index (κ2) is 3.38. The van der Waals surface area contributed by atoms with Gasteiger partial charge in [-0.15, -0.1) is 0 Å². The first-order valence-corrected chi connectivity index (χ1v) is 4.52. The number of aryl methyl sites for hydroxylation is 1. The highest BCUT2D eigenvalue weighted by atomic mass is 127. The fourth-order valence-corrected chi connectivity index (χ4v) is 1.77. The molecule has 0 amide bonds. The molecule has 0 spiro atoms. The van der Waals surface area contributed by atoms with Gasteiger partial charge in [-0.3, -0.25) is 10.1 Å². The second-order valence-electron chi connectivity index (χ2n) is 2.60. The average molecular weight is 277 g/mol. The Hall–Kier alpha value is -0.650. The van der Waals surface area contributed by atoms with Crippen LogP contribution in [-0.2, 0) is 0 Å². The van der Waals surface area contributed by atoms with Crippen LogP contribution in [-0.4, -0.2) is 4.92 Å². The van der Waals surface area contributed by atoms with Gasteiger partial charge < -0.3 is 0 Å². The number of halogens is 1. The fourth-order valence-electron chi connectivity index (χ4n) is 0.992. The molecule has 0 aliphatic heterocycles. The van der Waals surface area contributed by atoms with Gasteiger partial charge in [-0.2, -0.15) is 0 Å². The Bertz CT molecular complexity index is 336. The molecule has 1 aromatic carbocycles. The minimum Gasteiger partial charge on any atom is -0.258 e. The van der Waals surface area contributed by atoms with E-state index in [2.05, 4.69) is 0 Å². The molecule has 1 rings (SSSR count). The molecular formula is C8H8INO2. The zero-order valence-corrected chi connectivity index (χ0v) is 8.95. The lowest BCUT2D eigenvalue weighted by molar-refractivity contribution is -0.386. The molecule has 0 bridgehead atoms. The van der Waals surface area contributed by atoms with Gasteiger partial charge in [-0.25, -0.2) is 0 Å². The summed E-state index contributed by atoms with van der Waals surface area (Å²) in [5.74, 6) is 0. The van der Waals surface area contributed by atoms with E-state index in [1.165, 1.54) is 0 Å². The first-order valence-electron chi connectivity index (χ1n) is 3.44. The average Bonchev–Trinajstić information content (AvgIpc) is 1.97. The fraction of sp³-hybridized carbons (Fsp3) is 0.250. The molecule has 3 nitrogen and oxygen atoms in total. The van der Waals surface area contributed by atoms with Crippen molar-refractivity contribution in [3.8, 4) is 0 Å². The Morgan fingerprint density at radius 1 is 1.42 bits per heavy atom. The van der Waals surface area contributed by atoms with E-state index in [1.807, 2.05) is 35.6 Å². The van der Waals surface area contributed by atoms with Crippen LogP contribution in [0.2, 0.25) is 0 Å².